The number of thioether (sulfide) groups is 1. The second-order valence-electron chi connectivity index (χ2n) is 3.90. The number of carbonyl (C=O) groups is 1. The molecular weight excluding hydrogens is 236 g/mol. The number of ketones is 1. The molecule has 17 heavy (non-hydrogen) atoms. The fraction of sp³-hybridized carbons (Fsp3) is 0.462. The SMILES string of the molecule is CCC1SCc2c(OC)ccc(OC)c2C1=O. The monoisotopic (exact) mass is 252 g/mol. The van der Waals surface area contributed by atoms with Gasteiger partial charge in [-0.1, -0.05) is 6.92 Å². The number of fused-ring (bicyclic) bond motifs is 1. The number of hydrogen-bond acceptors (Lipinski definition) is 4. The molecular formula is C13H16O3S. The first-order valence-corrected chi connectivity index (χ1v) is 6.67. The summed E-state index contributed by atoms with van der Waals surface area (Å²) in [6.07, 6.45) is 0.851. The highest BCUT2D eigenvalue weighted by molar-refractivity contribution is 8.00. The molecule has 2 rings (SSSR count). The van der Waals surface area contributed by atoms with Crippen molar-refractivity contribution in [3.63, 3.8) is 0 Å². The van der Waals surface area contributed by atoms with E-state index in [-0.39, 0.29) is 11.0 Å². The minimum Gasteiger partial charge on any atom is -0.496 e. The number of hydrogen-bond donors (Lipinski definition) is 0. The van der Waals surface area contributed by atoms with E-state index in [1.165, 1.54) is 0 Å². The molecule has 0 saturated carbocycles. The van der Waals surface area contributed by atoms with Gasteiger partial charge < -0.3 is 9.47 Å². The molecule has 0 aromatic heterocycles. The fourth-order valence-electron chi connectivity index (χ4n) is 2.11. The van der Waals surface area contributed by atoms with Crippen LogP contribution in [0.15, 0.2) is 12.1 Å². The van der Waals surface area contributed by atoms with E-state index in [1.54, 1.807) is 32.0 Å². The molecule has 0 radical (unpaired) electrons. The summed E-state index contributed by atoms with van der Waals surface area (Å²) in [5, 5.41) is 0.0449. The van der Waals surface area contributed by atoms with Gasteiger partial charge in [0.1, 0.15) is 11.5 Å². The molecule has 92 valence electrons. The van der Waals surface area contributed by atoms with Gasteiger partial charge in [0.25, 0.3) is 0 Å². The zero-order valence-corrected chi connectivity index (χ0v) is 11.1. The number of benzene rings is 1. The maximum absolute atomic E-state index is 12.3. The first-order chi connectivity index (χ1) is 8.22. The van der Waals surface area contributed by atoms with Crippen molar-refractivity contribution in [3.05, 3.63) is 23.3 Å². The smallest absolute Gasteiger partial charge is 0.179 e. The van der Waals surface area contributed by atoms with Crippen LogP contribution < -0.4 is 9.47 Å². The second-order valence-corrected chi connectivity index (χ2v) is 5.09. The van der Waals surface area contributed by atoms with E-state index in [9.17, 15) is 4.79 Å². The van der Waals surface area contributed by atoms with Crippen molar-refractivity contribution in [1.29, 1.82) is 0 Å². The molecule has 0 amide bonds. The third kappa shape index (κ3) is 2.02. The lowest BCUT2D eigenvalue weighted by molar-refractivity contribution is 0.0982. The van der Waals surface area contributed by atoms with Gasteiger partial charge in [-0.05, 0) is 18.6 Å². The van der Waals surface area contributed by atoms with Crippen molar-refractivity contribution in [3.8, 4) is 11.5 Å². The molecule has 3 nitrogen and oxygen atoms in total. The number of rotatable bonds is 3. The summed E-state index contributed by atoms with van der Waals surface area (Å²) >= 11 is 1.68. The van der Waals surface area contributed by atoms with E-state index in [1.807, 2.05) is 13.0 Å². The van der Waals surface area contributed by atoms with Gasteiger partial charge in [-0.25, -0.2) is 0 Å². The molecule has 1 heterocycles. The highest BCUT2D eigenvalue weighted by Gasteiger charge is 2.31. The quantitative estimate of drug-likeness (QED) is 0.828. The molecule has 1 aliphatic rings. The third-order valence-corrected chi connectivity index (χ3v) is 4.42. The molecule has 1 aromatic carbocycles. The number of Topliss-reactive ketones (excluding diaryl/α,β-unsaturated/α-hetero) is 1. The Bertz CT molecular complexity index is 443. The lowest BCUT2D eigenvalue weighted by atomic mass is 9.98. The lowest BCUT2D eigenvalue weighted by Gasteiger charge is -2.25. The first kappa shape index (κ1) is 12.3. The molecule has 1 aromatic rings. The lowest BCUT2D eigenvalue weighted by Crippen LogP contribution is -2.23. The van der Waals surface area contributed by atoms with Crippen LogP contribution >= 0.6 is 11.8 Å². The first-order valence-electron chi connectivity index (χ1n) is 5.62. The number of methoxy groups -OCH3 is 2. The van der Waals surface area contributed by atoms with E-state index in [0.29, 0.717) is 11.3 Å². The standard InChI is InChI=1S/C13H16O3S/c1-4-11-13(14)12-8(7-17-11)9(15-2)5-6-10(12)16-3/h5-6,11H,4,7H2,1-3H3. The van der Waals surface area contributed by atoms with Gasteiger partial charge in [-0.2, -0.15) is 0 Å². The van der Waals surface area contributed by atoms with Crippen molar-refractivity contribution in [2.45, 2.75) is 24.3 Å². The molecule has 0 N–H and O–H groups in total. The van der Waals surface area contributed by atoms with Crippen LogP contribution in [0.2, 0.25) is 0 Å². The molecule has 0 bridgehead atoms. The summed E-state index contributed by atoms with van der Waals surface area (Å²) in [4.78, 5) is 12.3. The van der Waals surface area contributed by atoms with Crippen LogP contribution in [-0.2, 0) is 5.75 Å². The topological polar surface area (TPSA) is 35.5 Å². The Balaban J connectivity index is 2.56. The molecule has 0 saturated heterocycles. The van der Waals surface area contributed by atoms with Crippen molar-refractivity contribution in [2.75, 3.05) is 14.2 Å². The van der Waals surface area contributed by atoms with Gasteiger partial charge in [-0.3, -0.25) is 4.79 Å². The van der Waals surface area contributed by atoms with Crippen molar-refractivity contribution >= 4 is 17.5 Å². The minimum absolute atomic E-state index is 0.0449. The van der Waals surface area contributed by atoms with Gasteiger partial charge in [0, 0.05) is 11.3 Å². The van der Waals surface area contributed by atoms with E-state index >= 15 is 0 Å². The van der Waals surface area contributed by atoms with Gasteiger partial charge in [-0.15, -0.1) is 11.8 Å². The van der Waals surface area contributed by atoms with Crippen LogP contribution in [0.1, 0.15) is 29.3 Å². The predicted molar refractivity (Wildman–Crippen MR) is 69.3 cm³/mol. The molecule has 0 aliphatic carbocycles. The molecule has 1 aliphatic heterocycles. The summed E-state index contributed by atoms with van der Waals surface area (Å²) in [5.74, 6) is 2.40. The predicted octanol–water partition coefficient (Wildman–Crippen LogP) is 2.91. The Labute approximate surface area is 105 Å². The third-order valence-electron chi connectivity index (χ3n) is 3.01. The Morgan fingerprint density at radius 3 is 2.53 bits per heavy atom. The van der Waals surface area contributed by atoms with Crippen molar-refractivity contribution in [1.82, 2.24) is 0 Å². The largest absolute Gasteiger partial charge is 0.496 e. The van der Waals surface area contributed by atoms with Crippen molar-refractivity contribution in [2.24, 2.45) is 0 Å². The van der Waals surface area contributed by atoms with Crippen LogP contribution in [0, 0.1) is 0 Å². The Morgan fingerprint density at radius 1 is 1.29 bits per heavy atom. The average Bonchev–Trinajstić information content (AvgIpc) is 2.38. The maximum Gasteiger partial charge on any atom is 0.179 e. The summed E-state index contributed by atoms with van der Waals surface area (Å²) in [7, 11) is 3.22. The normalized spacial score (nSPS) is 18.8. The van der Waals surface area contributed by atoms with Crippen LogP contribution in [0.5, 0.6) is 11.5 Å². The van der Waals surface area contributed by atoms with Gasteiger partial charge in [0.2, 0.25) is 0 Å². The number of carbonyl (C=O) groups excluding carboxylic acids is 1. The number of ether oxygens (including phenoxy) is 2. The van der Waals surface area contributed by atoms with Crippen LogP contribution in [0.25, 0.3) is 0 Å². The van der Waals surface area contributed by atoms with Gasteiger partial charge >= 0.3 is 0 Å². The molecule has 1 unspecified atom stereocenters. The van der Waals surface area contributed by atoms with Gasteiger partial charge in [0.15, 0.2) is 5.78 Å². The fourth-order valence-corrected chi connectivity index (χ4v) is 3.27. The average molecular weight is 252 g/mol. The highest BCUT2D eigenvalue weighted by Crippen LogP contribution is 2.41. The zero-order chi connectivity index (χ0) is 12.4. The van der Waals surface area contributed by atoms with E-state index < -0.39 is 0 Å². The molecule has 0 spiro atoms. The Hall–Kier alpha value is -1.16. The summed E-state index contributed by atoms with van der Waals surface area (Å²) < 4.78 is 10.6. The summed E-state index contributed by atoms with van der Waals surface area (Å²) in [6, 6.07) is 3.66. The van der Waals surface area contributed by atoms with Crippen LogP contribution in [0.3, 0.4) is 0 Å². The van der Waals surface area contributed by atoms with E-state index in [0.717, 1.165) is 23.5 Å². The van der Waals surface area contributed by atoms with Crippen LogP contribution in [0.4, 0.5) is 0 Å². The minimum atomic E-state index is 0.0449. The van der Waals surface area contributed by atoms with Crippen molar-refractivity contribution < 1.29 is 14.3 Å². The maximum atomic E-state index is 12.3. The molecule has 4 heteroatoms. The molecule has 1 atom stereocenters. The Morgan fingerprint density at radius 2 is 1.94 bits per heavy atom. The Kier molecular flexibility index (Phi) is 3.62. The zero-order valence-electron chi connectivity index (χ0n) is 10.3. The van der Waals surface area contributed by atoms with E-state index in [4.69, 9.17) is 9.47 Å². The summed E-state index contributed by atoms with van der Waals surface area (Å²) in [6.45, 7) is 2.03. The molecule has 0 fully saturated rings. The highest BCUT2D eigenvalue weighted by atomic mass is 32.2. The van der Waals surface area contributed by atoms with E-state index in [2.05, 4.69) is 0 Å². The summed E-state index contributed by atoms with van der Waals surface area (Å²) in [5.41, 5.74) is 1.67. The second kappa shape index (κ2) is 5.00. The van der Waals surface area contributed by atoms with Gasteiger partial charge in [0.05, 0.1) is 25.0 Å². The van der Waals surface area contributed by atoms with Crippen LogP contribution in [-0.4, -0.2) is 25.3 Å².